The summed E-state index contributed by atoms with van der Waals surface area (Å²) < 4.78 is 46.2. The molecular formula is C61H60ClF3N10O4. The Kier molecular flexibility index (Phi) is 17.3. The molecule has 4 heterocycles. The largest absolute Gasteiger partial charge is 0.416 e. The standard InChI is InChI=1S/C61H60ClF3N10O4/c1-5-45-18-19-48(32-47(45)17-14-43-35-67-54-22-24-68-75(54)38-43)58(77)69-51-31-44(30-49(33-51)61(63,64)65)36-71-26-28-72(29-27-71)39-55(76)66-23-9-25-73(59(78)46-15-12-41(4)13-16-46)56(40(2)3)57-70-53-34-50(62)20-21-52(53)60(79)74(57)37-42-10-7-6-8-11-42/h6-8,10-13,15-16,18-22,24,30-35,38,40,56H,5,9,23,25-29,36-37,39H2,1-4H3,(H,66,76)(H,69,77)/t56-/m1/s1. The van der Waals surface area contributed by atoms with Gasteiger partial charge in [-0.3, -0.25) is 33.5 Å². The fraction of sp³-hybridized carbons (Fsp3) is 0.295. The first-order chi connectivity index (χ1) is 38.0. The van der Waals surface area contributed by atoms with Crippen molar-refractivity contribution < 1.29 is 27.6 Å². The van der Waals surface area contributed by atoms with Crippen molar-refractivity contribution >= 4 is 51.6 Å². The molecular weight excluding hydrogens is 1030 g/mol. The number of aromatic nitrogens is 5. The molecule has 1 aliphatic heterocycles. The normalized spacial score (nSPS) is 13.5. The van der Waals surface area contributed by atoms with Crippen LogP contribution in [0, 0.1) is 24.7 Å². The summed E-state index contributed by atoms with van der Waals surface area (Å²) in [6.45, 7) is 10.9. The SMILES string of the molecule is CCc1ccc(C(=O)Nc2cc(CN3CCN(CC(=O)NCCCN(C(=O)c4ccc(C)cc4)[C@@H](c4nc5cc(Cl)ccc5c(=O)n4Cc4ccccc4)C(C)C)CC3)cc(C(F)(F)F)c2)cc1C#Cc1cnc2ccnn2c1. The Labute approximate surface area is 461 Å². The van der Waals surface area contributed by atoms with Crippen molar-refractivity contribution in [3.05, 3.63) is 205 Å². The van der Waals surface area contributed by atoms with Gasteiger partial charge in [0.1, 0.15) is 5.82 Å². The van der Waals surface area contributed by atoms with E-state index in [2.05, 4.69) is 32.6 Å². The molecule has 79 heavy (non-hydrogen) atoms. The van der Waals surface area contributed by atoms with Gasteiger partial charge in [-0.1, -0.05) is 98.3 Å². The van der Waals surface area contributed by atoms with E-state index in [0.29, 0.717) is 88.7 Å². The van der Waals surface area contributed by atoms with Crippen LogP contribution in [0.3, 0.4) is 0 Å². The van der Waals surface area contributed by atoms with Crippen molar-refractivity contribution in [2.75, 3.05) is 51.1 Å². The van der Waals surface area contributed by atoms with Crippen molar-refractivity contribution in [1.82, 2.24) is 44.2 Å². The Bertz CT molecular complexity index is 3640. The monoisotopic (exact) mass is 1090 g/mol. The van der Waals surface area contributed by atoms with Gasteiger partial charge < -0.3 is 15.5 Å². The summed E-state index contributed by atoms with van der Waals surface area (Å²) in [7, 11) is 0. The lowest BCUT2D eigenvalue weighted by Gasteiger charge is -2.36. The number of piperazine rings is 1. The summed E-state index contributed by atoms with van der Waals surface area (Å²) in [6.07, 6.45) is 1.39. The number of carbonyl (C=O) groups is 3. The number of anilines is 1. The van der Waals surface area contributed by atoms with E-state index in [9.17, 15) is 32.3 Å². The van der Waals surface area contributed by atoms with Crippen LogP contribution in [0.2, 0.25) is 5.02 Å². The van der Waals surface area contributed by atoms with E-state index in [0.717, 1.165) is 28.8 Å². The third kappa shape index (κ3) is 13.8. The van der Waals surface area contributed by atoms with Gasteiger partial charge in [-0.05, 0) is 103 Å². The summed E-state index contributed by atoms with van der Waals surface area (Å²) in [5.41, 5.74) is 5.09. The fourth-order valence-electron chi connectivity index (χ4n) is 9.86. The lowest BCUT2D eigenvalue weighted by atomic mass is 9.98. The summed E-state index contributed by atoms with van der Waals surface area (Å²) in [5, 5.41) is 10.8. The molecule has 2 N–H and O–H groups in total. The Morgan fingerprint density at radius 1 is 0.835 bits per heavy atom. The molecule has 5 aromatic carbocycles. The van der Waals surface area contributed by atoms with E-state index < -0.39 is 23.7 Å². The first kappa shape index (κ1) is 55.6. The molecule has 0 spiro atoms. The predicted molar refractivity (Wildman–Crippen MR) is 300 cm³/mol. The lowest BCUT2D eigenvalue weighted by molar-refractivity contribution is -0.137. The van der Waals surface area contributed by atoms with Gasteiger partial charge in [-0.2, -0.15) is 18.3 Å². The highest BCUT2D eigenvalue weighted by molar-refractivity contribution is 6.31. The number of hydrogen-bond donors (Lipinski definition) is 2. The molecule has 0 bridgehead atoms. The Morgan fingerprint density at radius 2 is 1.58 bits per heavy atom. The smallest absolute Gasteiger partial charge is 0.355 e. The minimum atomic E-state index is -4.66. The van der Waals surface area contributed by atoms with E-state index in [1.165, 1.54) is 0 Å². The number of nitrogens with zero attached hydrogens (tertiary/aromatic N) is 8. The minimum Gasteiger partial charge on any atom is -0.355 e. The summed E-state index contributed by atoms with van der Waals surface area (Å²) in [6, 6.07) is 31.7. The van der Waals surface area contributed by atoms with Crippen molar-refractivity contribution in [3.63, 3.8) is 0 Å². The van der Waals surface area contributed by atoms with Crippen LogP contribution >= 0.6 is 11.6 Å². The van der Waals surface area contributed by atoms with E-state index in [1.54, 1.807) is 93.2 Å². The summed E-state index contributed by atoms with van der Waals surface area (Å²) in [5.74, 6) is 5.40. The van der Waals surface area contributed by atoms with Gasteiger partial charge in [0.05, 0.1) is 47.4 Å². The Balaban J connectivity index is 0.830. The molecule has 18 heteroatoms. The molecule has 1 fully saturated rings. The average Bonchev–Trinajstić information content (AvgIpc) is 3.94. The van der Waals surface area contributed by atoms with Gasteiger partial charge in [-0.25, -0.2) is 14.5 Å². The molecule has 1 aliphatic rings. The van der Waals surface area contributed by atoms with Gasteiger partial charge in [0.15, 0.2) is 5.65 Å². The number of fused-ring (bicyclic) bond motifs is 2. The summed E-state index contributed by atoms with van der Waals surface area (Å²) >= 11 is 6.43. The van der Waals surface area contributed by atoms with Crippen LogP contribution in [-0.4, -0.2) is 102 Å². The molecule has 8 aromatic rings. The van der Waals surface area contributed by atoms with Crippen LogP contribution in [0.5, 0.6) is 0 Å². The number of carbonyl (C=O) groups excluding carboxylic acids is 3. The average molecular weight is 1090 g/mol. The second-order valence-electron chi connectivity index (χ2n) is 20.1. The number of amides is 3. The van der Waals surface area contributed by atoms with Crippen LogP contribution in [0.4, 0.5) is 18.9 Å². The molecule has 1 saturated heterocycles. The van der Waals surface area contributed by atoms with Crippen molar-refractivity contribution in [1.29, 1.82) is 0 Å². The third-order valence-electron chi connectivity index (χ3n) is 14.0. The number of alkyl halides is 3. The zero-order chi connectivity index (χ0) is 55.8. The van der Waals surface area contributed by atoms with Gasteiger partial charge in [0.2, 0.25) is 5.91 Å². The van der Waals surface area contributed by atoms with Crippen LogP contribution in [0.1, 0.15) is 98.7 Å². The van der Waals surface area contributed by atoms with Crippen LogP contribution < -0.4 is 16.2 Å². The molecule has 3 amide bonds. The number of rotatable bonds is 17. The Hall–Kier alpha value is -8.17. The molecule has 406 valence electrons. The molecule has 0 unspecified atom stereocenters. The van der Waals surface area contributed by atoms with Crippen molar-refractivity contribution in [2.24, 2.45) is 5.92 Å². The predicted octanol–water partition coefficient (Wildman–Crippen LogP) is 9.85. The highest BCUT2D eigenvalue weighted by atomic mass is 35.5. The number of nitrogens with one attached hydrogen (secondary N) is 2. The van der Waals surface area contributed by atoms with Crippen LogP contribution in [0.15, 0.2) is 139 Å². The van der Waals surface area contributed by atoms with Crippen LogP contribution in [-0.2, 0) is 30.5 Å². The second kappa shape index (κ2) is 24.7. The molecule has 14 nitrogen and oxygen atoms in total. The lowest BCUT2D eigenvalue weighted by Crippen LogP contribution is -2.49. The highest BCUT2D eigenvalue weighted by Crippen LogP contribution is 2.34. The molecule has 1 atom stereocenters. The van der Waals surface area contributed by atoms with Gasteiger partial charge in [0, 0.05) is 91.7 Å². The maximum absolute atomic E-state index is 14.7. The first-order valence-corrected chi connectivity index (χ1v) is 26.7. The van der Waals surface area contributed by atoms with Crippen LogP contribution in [0.25, 0.3) is 16.6 Å². The van der Waals surface area contributed by atoms with Gasteiger partial charge in [0.25, 0.3) is 17.4 Å². The summed E-state index contributed by atoms with van der Waals surface area (Å²) in [4.78, 5) is 71.3. The third-order valence-corrected chi connectivity index (χ3v) is 14.2. The number of hydrogen-bond acceptors (Lipinski definition) is 9. The zero-order valence-corrected chi connectivity index (χ0v) is 45.1. The quantitative estimate of drug-likeness (QED) is 0.0671. The second-order valence-corrected chi connectivity index (χ2v) is 20.6. The molecule has 9 rings (SSSR count). The van der Waals surface area contributed by atoms with Crippen molar-refractivity contribution in [2.45, 2.75) is 65.8 Å². The van der Waals surface area contributed by atoms with E-state index in [4.69, 9.17) is 16.6 Å². The Morgan fingerprint density at radius 3 is 2.32 bits per heavy atom. The molecule has 0 aliphatic carbocycles. The van der Waals surface area contributed by atoms with Crippen molar-refractivity contribution in [3.8, 4) is 11.8 Å². The van der Waals surface area contributed by atoms with E-state index in [1.807, 2.05) is 80.0 Å². The van der Waals surface area contributed by atoms with E-state index >= 15 is 0 Å². The number of aryl methyl sites for hydroxylation is 2. The van der Waals surface area contributed by atoms with Gasteiger partial charge >= 0.3 is 6.18 Å². The topological polar surface area (TPSA) is 150 Å². The maximum atomic E-state index is 14.7. The van der Waals surface area contributed by atoms with E-state index in [-0.39, 0.29) is 67.3 Å². The molecule has 0 saturated carbocycles. The first-order valence-electron chi connectivity index (χ1n) is 26.3. The van der Waals surface area contributed by atoms with Gasteiger partial charge in [-0.15, -0.1) is 0 Å². The zero-order valence-electron chi connectivity index (χ0n) is 44.4. The fourth-order valence-corrected chi connectivity index (χ4v) is 10.0. The molecule has 3 aromatic heterocycles. The number of halogens is 4. The maximum Gasteiger partial charge on any atom is 0.416 e. The minimum absolute atomic E-state index is 0.0114. The number of benzene rings is 5. The molecule has 0 radical (unpaired) electrons. The highest BCUT2D eigenvalue weighted by Gasteiger charge is 2.34.